The zero-order valence-corrected chi connectivity index (χ0v) is 19.6. The first kappa shape index (κ1) is 23.0. The van der Waals surface area contributed by atoms with Crippen LogP contribution < -0.4 is 10.2 Å². The van der Waals surface area contributed by atoms with Crippen LogP contribution in [0.4, 0.5) is 19.7 Å². The first-order chi connectivity index (χ1) is 15.6. The van der Waals surface area contributed by atoms with E-state index in [0.29, 0.717) is 23.6 Å². The molecule has 9 nitrogen and oxygen atoms in total. The number of rotatable bonds is 2. The molecule has 0 aliphatic carbocycles. The van der Waals surface area contributed by atoms with Crippen LogP contribution in [0, 0.1) is 6.92 Å². The maximum atomic E-state index is 14.6. The number of amides is 3. The average Bonchev–Trinajstić information content (AvgIpc) is 2.75. The summed E-state index contributed by atoms with van der Waals surface area (Å²) in [5.41, 5.74) is 2.61. The molecule has 3 aliphatic rings. The number of piperazine rings is 1. The smallest absolute Gasteiger partial charge is 0.407 e. The number of aryl methyl sites for hydroxylation is 1. The number of aliphatic imine (C=N–C) groups is 1. The van der Waals surface area contributed by atoms with Crippen LogP contribution in [0.1, 0.15) is 37.9 Å². The molecule has 176 valence electrons. The van der Waals surface area contributed by atoms with E-state index in [1.807, 2.05) is 38.7 Å². The Hall–Kier alpha value is -3.14. The van der Waals surface area contributed by atoms with E-state index in [0.717, 1.165) is 11.3 Å². The summed E-state index contributed by atoms with van der Waals surface area (Å²) in [6, 6.07) is 1.02. The van der Waals surface area contributed by atoms with Crippen LogP contribution in [-0.4, -0.2) is 69.7 Å². The number of carboxylic acid groups (broad SMARTS) is 1. The number of fused-ring (bicyclic) bond motifs is 1. The van der Waals surface area contributed by atoms with Gasteiger partial charge >= 0.3 is 12.1 Å². The predicted molar refractivity (Wildman–Crippen MR) is 123 cm³/mol. The van der Waals surface area contributed by atoms with Gasteiger partial charge in [-0.05, 0) is 37.5 Å². The van der Waals surface area contributed by atoms with Crippen molar-refractivity contribution in [1.29, 1.82) is 0 Å². The lowest BCUT2D eigenvalue weighted by molar-refractivity contribution is 0.105. The molecule has 11 heteroatoms. The monoisotopic (exact) mass is 476 g/mol. The normalized spacial score (nSPS) is 23.4. The summed E-state index contributed by atoms with van der Waals surface area (Å²) in [5.74, 6) is -0.312. The number of dihydropyridines is 1. The van der Waals surface area contributed by atoms with Crippen LogP contribution in [0.3, 0.4) is 0 Å². The number of allylic oxidation sites excluding steroid dienone is 2. The van der Waals surface area contributed by atoms with Gasteiger partial charge in [0.2, 0.25) is 0 Å². The molecule has 3 amide bonds. The van der Waals surface area contributed by atoms with Crippen molar-refractivity contribution in [2.45, 2.75) is 45.8 Å². The van der Waals surface area contributed by atoms with Gasteiger partial charge in [-0.3, -0.25) is 9.88 Å². The number of carbonyl (C=O) groups is 2. The molecule has 0 radical (unpaired) electrons. The van der Waals surface area contributed by atoms with Gasteiger partial charge in [0.05, 0.1) is 11.4 Å². The van der Waals surface area contributed by atoms with Gasteiger partial charge in [0, 0.05) is 37.4 Å². The lowest BCUT2D eigenvalue weighted by atomic mass is 9.99. The molecular weight excluding hydrogens is 451 g/mol. The first-order valence-electron chi connectivity index (χ1n) is 10.8. The SMILES string of the molecule is Cc1ccnc(C(C)C)c1N1C(=O)N=C(N2CCN(C(=O)O)C[C@@H]2C)C2=CC(F)=C(Cl)NC21. The molecule has 2 N–H and O–H groups in total. The zero-order chi connectivity index (χ0) is 24.0. The van der Waals surface area contributed by atoms with Crippen molar-refractivity contribution >= 4 is 35.2 Å². The number of anilines is 1. The number of nitrogens with zero attached hydrogens (tertiary/aromatic N) is 5. The van der Waals surface area contributed by atoms with Gasteiger partial charge in [0.15, 0.2) is 5.83 Å². The molecule has 4 rings (SSSR count). The number of carbonyl (C=O) groups excluding carboxylic acids is 1. The Bertz CT molecular complexity index is 1100. The van der Waals surface area contributed by atoms with Gasteiger partial charge < -0.3 is 20.2 Å². The summed E-state index contributed by atoms with van der Waals surface area (Å²) < 4.78 is 14.6. The van der Waals surface area contributed by atoms with Gasteiger partial charge in [0.25, 0.3) is 0 Å². The maximum absolute atomic E-state index is 14.6. The summed E-state index contributed by atoms with van der Waals surface area (Å²) in [4.78, 5) is 38.3. The quantitative estimate of drug-likeness (QED) is 0.630. The summed E-state index contributed by atoms with van der Waals surface area (Å²) in [6.07, 6.45) is 1.19. The molecule has 0 bridgehead atoms. The number of urea groups is 1. The van der Waals surface area contributed by atoms with Crippen molar-refractivity contribution in [3.63, 3.8) is 0 Å². The van der Waals surface area contributed by atoms with E-state index in [9.17, 15) is 19.1 Å². The molecule has 3 aliphatic heterocycles. The number of halogens is 2. The summed E-state index contributed by atoms with van der Waals surface area (Å²) in [6.45, 7) is 8.52. The third kappa shape index (κ3) is 4.03. The topological polar surface area (TPSA) is 101 Å². The van der Waals surface area contributed by atoms with E-state index in [1.54, 1.807) is 6.20 Å². The highest BCUT2D eigenvalue weighted by Gasteiger charge is 2.43. The Balaban J connectivity index is 1.81. The zero-order valence-electron chi connectivity index (χ0n) is 18.8. The first-order valence-corrected chi connectivity index (χ1v) is 11.1. The molecule has 2 atom stereocenters. The number of pyridine rings is 1. The van der Waals surface area contributed by atoms with E-state index < -0.39 is 24.1 Å². The number of amidine groups is 1. The van der Waals surface area contributed by atoms with Crippen molar-refractivity contribution in [1.82, 2.24) is 20.1 Å². The predicted octanol–water partition coefficient (Wildman–Crippen LogP) is 3.77. The molecule has 0 spiro atoms. The molecule has 4 heterocycles. The number of hydrogen-bond acceptors (Lipinski definition) is 5. The van der Waals surface area contributed by atoms with E-state index in [4.69, 9.17) is 11.6 Å². The third-order valence-corrected chi connectivity index (χ3v) is 6.38. The number of nitrogens with one attached hydrogen (secondary N) is 1. The van der Waals surface area contributed by atoms with Crippen LogP contribution in [0.25, 0.3) is 0 Å². The van der Waals surface area contributed by atoms with Crippen molar-refractivity contribution in [2.75, 3.05) is 24.5 Å². The minimum atomic E-state index is -1.00. The fourth-order valence-corrected chi connectivity index (χ4v) is 4.62. The second-order valence-corrected chi connectivity index (χ2v) is 9.06. The lowest BCUT2D eigenvalue weighted by Crippen LogP contribution is -2.61. The standard InChI is InChI=1S/C22H26ClFN6O3/c1-11(2)16-17(12(3)5-6-25-16)30-20-14(9-15(24)18(23)26-20)19(27-21(30)31)29-8-7-28(22(32)33)10-13(29)4/h5-6,9,11,13,20,26H,7-8,10H2,1-4H3,(H,32,33)/t13-,20?/m0/s1. The highest BCUT2D eigenvalue weighted by molar-refractivity contribution is 6.30. The van der Waals surface area contributed by atoms with Crippen LogP contribution in [-0.2, 0) is 0 Å². The second-order valence-electron chi connectivity index (χ2n) is 8.68. The molecule has 1 fully saturated rings. The Kier molecular flexibility index (Phi) is 6.04. The third-order valence-electron chi connectivity index (χ3n) is 6.09. The molecule has 1 aromatic rings. The molecule has 0 aromatic carbocycles. The number of hydrogen-bond donors (Lipinski definition) is 2. The minimum absolute atomic E-state index is 0.0287. The van der Waals surface area contributed by atoms with E-state index >= 15 is 0 Å². The Morgan fingerprint density at radius 1 is 1.36 bits per heavy atom. The van der Waals surface area contributed by atoms with Crippen molar-refractivity contribution in [3.05, 3.63) is 46.2 Å². The Morgan fingerprint density at radius 2 is 2.09 bits per heavy atom. The van der Waals surface area contributed by atoms with Gasteiger partial charge in [-0.15, -0.1) is 0 Å². The molecular formula is C22H26ClFN6O3. The number of aromatic nitrogens is 1. The van der Waals surface area contributed by atoms with Crippen molar-refractivity contribution in [3.8, 4) is 0 Å². The summed E-state index contributed by atoms with van der Waals surface area (Å²) >= 11 is 6.12. The molecule has 1 aromatic heterocycles. The van der Waals surface area contributed by atoms with Crippen LogP contribution in [0.2, 0.25) is 0 Å². The van der Waals surface area contributed by atoms with Gasteiger partial charge in [-0.25, -0.2) is 14.0 Å². The minimum Gasteiger partial charge on any atom is -0.465 e. The molecule has 0 saturated carbocycles. The van der Waals surface area contributed by atoms with E-state index in [2.05, 4.69) is 15.3 Å². The highest BCUT2D eigenvalue weighted by Crippen LogP contribution is 2.37. The summed E-state index contributed by atoms with van der Waals surface area (Å²) in [7, 11) is 0. The largest absolute Gasteiger partial charge is 0.465 e. The molecule has 1 unspecified atom stereocenters. The van der Waals surface area contributed by atoms with Crippen LogP contribution in [0.15, 0.2) is 39.9 Å². The summed E-state index contributed by atoms with van der Waals surface area (Å²) in [5, 5.41) is 12.0. The van der Waals surface area contributed by atoms with E-state index in [-0.39, 0.29) is 30.2 Å². The Labute approximate surface area is 196 Å². The van der Waals surface area contributed by atoms with Gasteiger partial charge in [-0.2, -0.15) is 4.99 Å². The van der Waals surface area contributed by atoms with Crippen molar-refractivity contribution in [2.24, 2.45) is 4.99 Å². The van der Waals surface area contributed by atoms with Crippen molar-refractivity contribution < 1.29 is 19.1 Å². The fourth-order valence-electron chi connectivity index (χ4n) is 4.46. The average molecular weight is 477 g/mol. The molecule has 33 heavy (non-hydrogen) atoms. The Morgan fingerprint density at radius 3 is 2.73 bits per heavy atom. The van der Waals surface area contributed by atoms with Crippen LogP contribution >= 0.6 is 11.6 Å². The van der Waals surface area contributed by atoms with Crippen LogP contribution in [0.5, 0.6) is 0 Å². The van der Waals surface area contributed by atoms with Gasteiger partial charge in [-0.1, -0.05) is 25.4 Å². The van der Waals surface area contributed by atoms with Gasteiger partial charge in [0.1, 0.15) is 17.2 Å². The maximum Gasteiger partial charge on any atom is 0.407 e. The lowest BCUT2D eigenvalue weighted by Gasteiger charge is -2.46. The van der Waals surface area contributed by atoms with E-state index in [1.165, 1.54) is 15.9 Å². The molecule has 1 saturated heterocycles. The second kappa shape index (κ2) is 8.66. The highest BCUT2D eigenvalue weighted by atomic mass is 35.5. The fraction of sp³-hybridized carbons (Fsp3) is 0.455.